The van der Waals surface area contributed by atoms with E-state index in [1.807, 2.05) is 48.5 Å². The number of hydrogen-bond acceptors (Lipinski definition) is 3. The molecule has 1 heterocycles. The first-order valence-corrected chi connectivity index (χ1v) is 15.2. The standard InChI is InChI=1S/C33H23Cl2N2O3S/c34-24-14-16-26(29(35)18-24)21-13-15-27-31(17-21)37(30-12-6-11-28(32(27)30)33(36)38)19-22-7-4-5-8-23(22)20-41(39,40)25-9-2-1-3-10-25/h1-14,16-18H,19-20H2,(H2,36,38). The highest BCUT2D eigenvalue weighted by Crippen LogP contribution is 2.37. The van der Waals surface area contributed by atoms with Gasteiger partial charge in [0.15, 0.2) is 9.84 Å². The summed E-state index contributed by atoms with van der Waals surface area (Å²) in [6.07, 6.45) is 0. The maximum atomic E-state index is 13.3. The Bertz CT molecular complexity index is 2070. The van der Waals surface area contributed by atoms with Gasteiger partial charge in [-0.3, -0.25) is 4.79 Å². The van der Waals surface area contributed by atoms with Crippen LogP contribution in [-0.4, -0.2) is 18.9 Å². The zero-order chi connectivity index (χ0) is 28.7. The van der Waals surface area contributed by atoms with Gasteiger partial charge in [-0.15, -0.1) is 0 Å². The molecule has 5 nitrogen and oxygen atoms in total. The molecule has 0 saturated heterocycles. The average molecular weight is 599 g/mol. The number of rotatable bonds is 7. The summed E-state index contributed by atoms with van der Waals surface area (Å²) in [5.74, 6) is -0.684. The van der Waals surface area contributed by atoms with Gasteiger partial charge in [0.2, 0.25) is 5.91 Å². The molecule has 6 rings (SSSR count). The monoisotopic (exact) mass is 597 g/mol. The van der Waals surface area contributed by atoms with Crippen LogP contribution < -0.4 is 5.73 Å². The van der Waals surface area contributed by atoms with Crippen molar-refractivity contribution < 1.29 is 13.2 Å². The van der Waals surface area contributed by atoms with E-state index >= 15 is 0 Å². The number of primary amides is 1. The Kier molecular flexibility index (Phi) is 7.08. The Balaban J connectivity index is 1.54. The van der Waals surface area contributed by atoms with Crippen LogP contribution in [0.3, 0.4) is 0 Å². The second kappa shape index (κ2) is 10.7. The minimum atomic E-state index is -3.57. The molecular weight excluding hydrogens is 575 g/mol. The molecule has 2 N–H and O–H groups in total. The van der Waals surface area contributed by atoms with Gasteiger partial charge in [-0.25, -0.2) is 8.42 Å². The van der Waals surface area contributed by atoms with Crippen molar-refractivity contribution in [2.24, 2.45) is 5.73 Å². The van der Waals surface area contributed by atoms with Crippen LogP contribution in [0.15, 0.2) is 108 Å². The van der Waals surface area contributed by atoms with E-state index in [0.29, 0.717) is 33.1 Å². The third-order valence-electron chi connectivity index (χ3n) is 7.20. The van der Waals surface area contributed by atoms with Gasteiger partial charge in [-0.2, -0.15) is 0 Å². The van der Waals surface area contributed by atoms with Gasteiger partial charge < -0.3 is 10.3 Å². The number of carbonyl (C=O) groups excluding carboxylic acids is 1. The number of amides is 1. The van der Waals surface area contributed by atoms with Crippen molar-refractivity contribution in [3.8, 4) is 11.1 Å². The predicted molar refractivity (Wildman–Crippen MR) is 165 cm³/mol. The van der Waals surface area contributed by atoms with Crippen LogP contribution in [0.2, 0.25) is 10.0 Å². The van der Waals surface area contributed by atoms with Crippen molar-refractivity contribution in [3.05, 3.63) is 136 Å². The Hall–Kier alpha value is -4.10. The van der Waals surface area contributed by atoms with Crippen molar-refractivity contribution in [1.29, 1.82) is 0 Å². The summed E-state index contributed by atoms with van der Waals surface area (Å²) in [6, 6.07) is 33.9. The van der Waals surface area contributed by atoms with Crippen molar-refractivity contribution >= 4 is 60.8 Å². The van der Waals surface area contributed by atoms with Crippen LogP contribution >= 0.6 is 23.2 Å². The van der Waals surface area contributed by atoms with Crippen LogP contribution in [0.5, 0.6) is 0 Å². The van der Waals surface area contributed by atoms with Gasteiger partial charge in [0.25, 0.3) is 0 Å². The zero-order valence-corrected chi connectivity index (χ0v) is 24.0. The topological polar surface area (TPSA) is 82.2 Å². The molecule has 0 atom stereocenters. The lowest BCUT2D eigenvalue weighted by Gasteiger charge is -2.14. The summed E-state index contributed by atoms with van der Waals surface area (Å²) < 4.78 is 28.6. The predicted octanol–water partition coefficient (Wildman–Crippen LogP) is 7.69. The molecule has 1 radical (unpaired) electrons. The highest BCUT2D eigenvalue weighted by Gasteiger charge is 2.21. The van der Waals surface area contributed by atoms with Gasteiger partial charge >= 0.3 is 0 Å². The van der Waals surface area contributed by atoms with Gasteiger partial charge in [-0.05, 0) is 71.3 Å². The first-order valence-electron chi connectivity index (χ1n) is 12.8. The largest absolute Gasteiger partial charge is 0.366 e. The van der Waals surface area contributed by atoms with E-state index in [0.717, 1.165) is 33.1 Å². The van der Waals surface area contributed by atoms with Gasteiger partial charge in [0.1, 0.15) is 0 Å². The third kappa shape index (κ3) is 5.10. The van der Waals surface area contributed by atoms with E-state index < -0.39 is 15.7 Å². The second-order valence-corrected chi connectivity index (χ2v) is 12.6. The summed E-state index contributed by atoms with van der Waals surface area (Å²) in [5, 5.41) is 2.46. The molecule has 8 heteroatoms. The number of nitrogens with two attached hydrogens (primary N) is 1. The number of benzene rings is 5. The summed E-state index contributed by atoms with van der Waals surface area (Å²) in [5.41, 5.74) is 10.9. The van der Waals surface area contributed by atoms with E-state index in [1.54, 1.807) is 54.6 Å². The Morgan fingerprint density at radius 3 is 2.29 bits per heavy atom. The normalized spacial score (nSPS) is 11.8. The molecule has 203 valence electrons. The van der Waals surface area contributed by atoms with Gasteiger partial charge in [0.05, 0.1) is 21.7 Å². The van der Waals surface area contributed by atoms with Crippen LogP contribution in [-0.2, 0) is 22.1 Å². The third-order valence-corrected chi connectivity index (χ3v) is 9.43. The van der Waals surface area contributed by atoms with E-state index in [4.69, 9.17) is 28.9 Å². The van der Waals surface area contributed by atoms with Crippen LogP contribution in [0.1, 0.15) is 21.5 Å². The Morgan fingerprint density at radius 2 is 1.56 bits per heavy atom. The summed E-state index contributed by atoms with van der Waals surface area (Å²) in [6.45, 7) is 0.355. The minimum Gasteiger partial charge on any atom is -0.366 e. The van der Waals surface area contributed by atoms with E-state index in [1.165, 1.54) is 0 Å². The van der Waals surface area contributed by atoms with Crippen molar-refractivity contribution in [2.45, 2.75) is 17.2 Å². The summed E-state index contributed by atoms with van der Waals surface area (Å²) in [7, 11) is -3.57. The number of nitrogens with zero attached hydrogens (tertiary/aromatic N) is 1. The molecular formula is C33H23Cl2N2O3S. The molecule has 0 aliphatic rings. The molecule has 0 bridgehead atoms. The molecule has 0 spiro atoms. The maximum Gasteiger partial charge on any atom is 0.249 e. The molecule has 5 aromatic carbocycles. The number of fused-ring (bicyclic) bond motifs is 3. The van der Waals surface area contributed by atoms with Crippen molar-refractivity contribution in [3.63, 3.8) is 0 Å². The fraction of sp³-hybridized carbons (Fsp3) is 0.0606. The lowest BCUT2D eigenvalue weighted by atomic mass is 10.0. The first-order chi connectivity index (χ1) is 19.7. The molecule has 0 aliphatic carbocycles. The smallest absolute Gasteiger partial charge is 0.249 e. The number of sulfone groups is 1. The lowest BCUT2D eigenvalue weighted by molar-refractivity contribution is 0.100. The average Bonchev–Trinajstić information content (AvgIpc) is 3.27. The number of hydrogen-bond donors (Lipinski definition) is 1. The molecule has 6 aromatic rings. The molecule has 0 saturated carbocycles. The molecule has 1 amide bonds. The Labute approximate surface area is 247 Å². The lowest BCUT2D eigenvalue weighted by Crippen LogP contribution is -2.11. The molecule has 0 unspecified atom stereocenters. The fourth-order valence-electron chi connectivity index (χ4n) is 5.25. The van der Waals surface area contributed by atoms with Crippen LogP contribution in [0.4, 0.5) is 0 Å². The first kappa shape index (κ1) is 27.1. The molecule has 0 aliphatic heterocycles. The van der Waals surface area contributed by atoms with Gasteiger partial charge in [-0.1, -0.05) is 77.8 Å². The highest BCUT2D eigenvalue weighted by molar-refractivity contribution is 7.90. The summed E-state index contributed by atoms with van der Waals surface area (Å²) >= 11 is 12.7. The van der Waals surface area contributed by atoms with E-state index in [9.17, 15) is 13.2 Å². The zero-order valence-electron chi connectivity index (χ0n) is 21.6. The van der Waals surface area contributed by atoms with E-state index in [2.05, 4.69) is 10.6 Å². The molecule has 0 fully saturated rings. The second-order valence-electron chi connectivity index (χ2n) is 9.76. The van der Waals surface area contributed by atoms with Crippen molar-refractivity contribution in [1.82, 2.24) is 4.57 Å². The van der Waals surface area contributed by atoms with Crippen molar-refractivity contribution in [2.75, 3.05) is 0 Å². The summed E-state index contributed by atoms with van der Waals surface area (Å²) in [4.78, 5) is 12.7. The van der Waals surface area contributed by atoms with E-state index in [-0.39, 0.29) is 10.6 Å². The minimum absolute atomic E-state index is 0.144. The molecule has 41 heavy (non-hydrogen) atoms. The van der Waals surface area contributed by atoms with Gasteiger partial charge in [0, 0.05) is 38.5 Å². The SMILES string of the molecule is NC(=O)c1cccc2c1c1[c]cc(-c3ccc(Cl)cc3Cl)cc1n2Cc1ccccc1CS(=O)(=O)c1ccccc1. The van der Waals surface area contributed by atoms with Crippen LogP contribution in [0.25, 0.3) is 32.9 Å². The maximum absolute atomic E-state index is 13.3. The highest BCUT2D eigenvalue weighted by atomic mass is 35.5. The molecule has 1 aromatic heterocycles. The quantitative estimate of drug-likeness (QED) is 0.205. The number of halogens is 2. The number of carbonyl (C=O) groups is 1. The number of aromatic nitrogens is 1. The van der Waals surface area contributed by atoms with Crippen LogP contribution in [0, 0.1) is 6.07 Å². The Morgan fingerprint density at radius 1 is 0.829 bits per heavy atom. The fourth-order valence-corrected chi connectivity index (χ4v) is 7.20.